The zero-order valence-corrected chi connectivity index (χ0v) is 10.8. The first-order chi connectivity index (χ1) is 8.32. The van der Waals surface area contributed by atoms with Gasteiger partial charge in [0.05, 0.1) is 13.2 Å². The molecule has 1 N–H and O–H groups in total. The molecule has 0 spiro atoms. The number of alkyl halides is 3. The van der Waals surface area contributed by atoms with Crippen molar-refractivity contribution in [3.8, 4) is 0 Å². The molecule has 1 rings (SSSR count). The smallest absolute Gasteiger partial charge is 0.401 e. The van der Waals surface area contributed by atoms with Gasteiger partial charge in [0.25, 0.3) is 0 Å². The molecule has 0 amide bonds. The van der Waals surface area contributed by atoms with E-state index in [0.29, 0.717) is 6.42 Å². The van der Waals surface area contributed by atoms with E-state index in [2.05, 4.69) is 5.32 Å². The third kappa shape index (κ3) is 3.60. The van der Waals surface area contributed by atoms with Crippen LogP contribution in [-0.2, 0) is 9.53 Å². The van der Waals surface area contributed by atoms with E-state index in [1.807, 2.05) is 0 Å². The van der Waals surface area contributed by atoms with Crippen LogP contribution in [0.2, 0.25) is 0 Å². The second-order valence-electron chi connectivity index (χ2n) is 4.81. The Kier molecular flexibility index (Phi) is 5.01. The normalized spacial score (nSPS) is 29.1. The fourth-order valence-corrected chi connectivity index (χ4v) is 2.50. The minimum atomic E-state index is -4.32. The lowest BCUT2D eigenvalue weighted by atomic mass is 9.73. The summed E-state index contributed by atoms with van der Waals surface area (Å²) in [6, 6.07) is 0. The lowest BCUT2D eigenvalue weighted by Gasteiger charge is -2.41. The molecule has 106 valence electrons. The molecule has 6 heteroatoms. The fourth-order valence-electron chi connectivity index (χ4n) is 2.50. The van der Waals surface area contributed by atoms with E-state index in [1.54, 1.807) is 13.8 Å². The van der Waals surface area contributed by atoms with E-state index in [1.165, 1.54) is 0 Å². The van der Waals surface area contributed by atoms with Gasteiger partial charge in [-0.2, -0.15) is 13.2 Å². The molecular formula is C12H20F3NO2. The first kappa shape index (κ1) is 15.3. The van der Waals surface area contributed by atoms with E-state index in [4.69, 9.17) is 4.74 Å². The summed E-state index contributed by atoms with van der Waals surface area (Å²) in [4.78, 5) is 12.0. The molecule has 1 saturated carbocycles. The van der Waals surface area contributed by atoms with Crippen LogP contribution in [0.4, 0.5) is 13.2 Å². The molecule has 0 aromatic carbocycles. The minimum absolute atomic E-state index is 0.146. The molecule has 0 heterocycles. The Balaban J connectivity index is 2.82. The van der Waals surface area contributed by atoms with Crippen molar-refractivity contribution in [1.82, 2.24) is 5.32 Å². The van der Waals surface area contributed by atoms with Crippen LogP contribution >= 0.6 is 0 Å². The van der Waals surface area contributed by atoms with Crippen molar-refractivity contribution in [2.75, 3.05) is 13.2 Å². The number of esters is 1. The quantitative estimate of drug-likeness (QED) is 0.796. The monoisotopic (exact) mass is 267 g/mol. The van der Waals surface area contributed by atoms with E-state index in [-0.39, 0.29) is 12.5 Å². The number of hydrogen-bond donors (Lipinski definition) is 1. The van der Waals surface area contributed by atoms with E-state index < -0.39 is 24.2 Å². The van der Waals surface area contributed by atoms with Gasteiger partial charge in [-0.25, -0.2) is 0 Å². The van der Waals surface area contributed by atoms with Crippen molar-refractivity contribution in [3.63, 3.8) is 0 Å². The van der Waals surface area contributed by atoms with Crippen LogP contribution in [0.25, 0.3) is 0 Å². The highest BCUT2D eigenvalue weighted by Crippen LogP contribution is 2.35. The molecule has 2 atom stereocenters. The maximum absolute atomic E-state index is 12.3. The topological polar surface area (TPSA) is 38.3 Å². The summed E-state index contributed by atoms with van der Waals surface area (Å²) < 4.78 is 42.0. The van der Waals surface area contributed by atoms with Gasteiger partial charge in [0.1, 0.15) is 5.54 Å². The van der Waals surface area contributed by atoms with Gasteiger partial charge in [0.2, 0.25) is 0 Å². The molecule has 1 aliphatic rings. The van der Waals surface area contributed by atoms with Crippen LogP contribution in [0.3, 0.4) is 0 Å². The number of carbonyl (C=O) groups excluding carboxylic acids is 1. The summed E-state index contributed by atoms with van der Waals surface area (Å²) in [6.07, 6.45) is -1.49. The Hall–Kier alpha value is -0.780. The zero-order valence-electron chi connectivity index (χ0n) is 10.8. The predicted octanol–water partition coefficient (Wildman–Crippen LogP) is 2.65. The average Bonchev–Trinajstić information content (AvgIpc) is 2.27. The SMILES string of the molecule is CCOC(=O)C1(NCC(F)(F)F)CCCCC1C. The van der Waals surface area contributed by atoms with Gasteiger partial charge in [0, 0.05) is 0 Å². The number of nitrogens with one attached hydrogen (secondary N) is 1. The standard InChI is InChI=1S/C12H20F3NO2/c1-3-18-10(17)11(16-8-12(13,14)15)7-5-4-6-9(11)2/h9,16H,3-8H2,1-2H3. The number of halogens is 3. The summed E-state index contributed by atoms with van der Waals surface area (Å²) in [7, 11) is 0. The van der Waals surface area contributed by atoms with Crippen LogP contribution in [0.15, 0.2) is 0 Å². The Bertz CT molecular complexity index is 294. The molecule has 2 unspecified atom stereocenters. The molecule has 0 aromatic heterocycles. The first-order valence-electron chi connectivity index (χ1n) is 6.31. The van der Waals surface area contributed by atoms with Crippen molar-refractivity contribution in [1.29, 1.82) is 0 Å². The maximum atomic E-state index is 12.3. The molecule has 0 bridgehead atoms. The Morgan fingerprint density at radius 1 is 1.44 bits per heavy atom. The Morgan fingerprint density at radius 2 is 2.11 bits per heavy atom. The molecule has 0 aromatic rings. The summed E-state index contributed by atoms with van der Waals surface area (Å²) in [5.74, 6) is -0.700. The van der Waals surface area contributed by atoms with Gasteiger partial charge in [0.15, 0.2) is 0 Å². The first-order valence-corrected chi connectivity index (χ1v) is 6.31. The fraction of sp³-hybridized carbons (Fsp3) is 0.917. The third-order valence-electron chi connectivity index (χ3n) is 3.54. The Morgan fingerprint density at radius 3 is 2.61 bits per heavy atom. The highest BCUT2D eigenvalue weighted by Gasteiger charge is 2.47. The molecule has 1 fully saturated rings. The zero-order chi connectivity index (χ0) is 13.8. The summed E-state index contributed by atoms with van der Waals surface area (Å²) in [5.41, 5.74) is -1.18. The molecule has 18 heavy (non-hydrogen) atoms. The van der Waals surface area contributed by atoms with Crippen molar-refractivity contribution in [2.45, 2.75) is 51.2 Å². The molecule has 0 saturated heterocycles. The molecular weight excluding hydrogens is 247 g/mol. The largest absolute Gasteiger partial charge is 0.465 e. The second kappa shape index (κ2) is 5.91. The van der Waals surface area contributed by atoms with Crippen LogP contribution in [0, 0.1) is 5.92 Å². The van der Waals surface area contributed by atoms with Gasteiger partial charge in [-0.15, -0.1) is 0 Å². The predicted molar refractivity (Wildman–Crippen MR) is 61.1 cm³/mol. The van der Waals surface area contributed by atoms with Crippen LogP contribution < -0.4 is 5.32 Å². The van der Waals surface area contributed by atoms with E-state index in [9.17, 15) is 18.0 Å². The molecule has 0 radical (unpaired) electrons. The number of ether oxygens (including phenoxy) is 1. The lowest BCUT2D eigenvalue weighted by Crippen LogP contribution is -2.60. The summed E-state index contributed by atoms with van der Waals surface area (Å²) in [6.45, 7) is 2.49. The average molecular weight is 267 g/mol. The highest BCUT2D eigenvalue weighted by atomic mass is 19.4. The van der Waals surface area contributed by atoms with Crippen molar-refractivity contribution in [2.24, 2.45) is 5.92 Å². The van der Waals surface area contributed by atoms with Crippen LogP contribution in [0.5, 0.6) is 0 Å². The number of rotatable bonds is 4. The van der Waals surface area contributed by atoms with Gasteiger partial charge in [-0.1, -0.05) is 19.8 Å². The summed E-state index contributed by atoms with van der Waals surface area (Å²) in [5, 5.41) is 2.41. The number of carbonyl (C=O) groups is 1. The highest BCUT2D eigenvalue weighted by molar-refractivity contribution is 5.81. The van der Waals surface area contributed by atoms with Crippen LogP contribution in [-0.4, -0.2) is 30.8 Å². The van der Waals surface area contributed by atoms with E-state index in [0.717, 1.165) is 19.3 Å². The van der Waals surface area contributed by atoms with Crippen LogP contribution in [0.1, 0.15) is 39.5 Å². The van der Waals surface area contributed by atoms with Crippen molar-refractivity contribution in [3.05, 3.63) is 0 Å². The van der Waals surface area contributed by atoms with E-state index >= 15 is 0 Å². The summed E-state index contributed by atoms with van der Waals surface area (Å²) >= 11 is 0. The maximum Gasteiger partial charge on any atom is 0.401 e. The Labute approximate surface area is 105 Å². The van der Waals surface area contributed by atoms with Gasteiger partial charge < -0.3 is 4.74 Å². The molecule has 1 aliphatic carbocycles. The van der Waals surface area contributed by atoms with Crippen molar-refractivity contribution < 1.29 is 22.7 Å². The molecule has 0 aliphatic heterocycles. The lowest BCUT2D eigenvalue weighted by molar-refractivity contribution is -0.160. The second-order valence-corrected chi connectivity index (χ2v) is 4.81. The van der Waals surface area contributed by atoms with Gasteiger partial charge in [-0.05, 0) is 25.7 Å². The van der Waals surface area contributed by atoms with Crippen molar-refractivity contribution >= 4 is 5.97 Å². The third-order valence-corrected chi connectivity index (χ3v) is 3.54. The molecule has 3 nitrogen and oxygen atoms in total. The van der Waals surface area contributed by atoms with Gasteiger partial charge in [-0.3, -0.25) is 10.1 Å². The minimum Gasteiger partial charge on any atom is -0.465 e. The van der Waals surface area contributed by atoms with Gasteiger partial charge >= 0.3 is 12.1 Å². The number of hydrogen-bond acceptors (Lipinski definition) is 3.